The molecule has 3 aromatic carbocycles. The minimum absolute atomic E-state index is 0.0130. The fourth-order valence-corrected chi connectivity index (χ4v) is 5.65. The number of fused-ring (bicyclic) bond motifs is 1. The number of hydrogen-bond donors (Lipinski definition) is 3. The van der Waals surface area contributed by atoms with Crippen molar-refractivity contribution >= 4 is 15.9 Å². The second-order valence-corrected chi connectivity index (χ2v) is 11.6. The molecule has 0 spiro atoms. The van der Waals surface area contributed by atoms with E-state index < -0.39 is 22.0 Å². The monoisotopic (exact) mass is 557 g/mol. The largest absolute Gasteiger partial charge is 0.489 e. The molecule has 0 saturated carbocycles. The molecule has 0 bridgehead atoms. The van der Waals surface area contributed by atoms with Gasteiger partial charge >= 0.3 is 0 Å². The predicted octanol–water partition coefficient (Wildman–Crippen LogP) is 4.19. The zero-order chi connectivity index (χ0) is 28.1. The fourth-order valence-electron chi connectivity index (χ4n) is 4.63. The van der Waals surface area contributed by atoms with Gasteiger partial charge in [-0.1, -0.05) is 42.0 Å². The van der Waals surface area contributed by atoms with Crippen LogP contribution in [0.1, 0.15) is 39.6 Å². The van der Waals surface area contributed by atoms with Crippen LogP contribution >= 0.6 is 0 Å². The molecule has 8 nitrogen and oxygen atoms in total. The Labute approximate surface area is 234 Å². The Balaban J connectivity index is 1.22. The van der Waals surface area contributed by atoms with E-state index in [2.05, 4.69) is 15.0 Å². The summed E-state index contributed by atoms with van der Waals surface area (Å²) in [6.45, 7) is 2.90. The highest BCUT2D eigenvalue weighted by molar-refractivity contribution is 7.90. The summed E-state index contributed by atoms with van der Waals surface area (Å²) in [5, 5.41) is 13.6. The van der Waals surface area contributed by atoms with E-state index in [-0.39, 0.29) is 16.6 Å². The maximum atomic E-state index is 13.0. The van der Waals surface area contributed by atoms with Crippen molar-refractivity contribution in [3.63, 3.8) is 0 Å². The molecule has 2 atom stereocenters. The summed E-state index contributed by atoms with van der Waals surface area (Å²) >= 11 is 0. The predicted molar refractivity (Wildman–Crippen MR) is 153 cm³/mol. The van der Waals surface area contributed by atoms with Crippen molar-refractivity contribution in [2.24, 2.45) is 0 Å². The number of aryl methyl sites for hydroxylation is 2. The van der Waals surface area contributed by atoms with Crippen molar-refractivity contribution in [1.29, 1.82) is 0 Å². The van der Waals surface area contributed by atoms with Gasteiger partial charge in [-0.15, -0.1) is 0 Å². The van der Waals surface area contributed by atoms with Crippen molar-refractivity contribution in [2.75, 3.05) is 13.1 Å². The third kappa shape index (κ3) is 6.56. The molecule has 0 fully saturated rings. The van der Waals surface area contributed by atoms with Gasteiger partial charge in [0.1, 0.15) is 11.9 Å². The van der Waals surface area contributed by atoms with Gasteiger partial charge in [0.2, 0.25) is 0 Å². The van der Waals surface area contributed by atoms with E-state index in [1.165, 1.54) is 6.07 Å². The number of aliphatic hydroxyl groups excluding tert-OH is 1. The molecule has 1 aliphatic rings. The van der Waals surface area contributed by atoms with Crippen LogP contribution in [0.3, 0.4) is 0 Å². The van der Waals surface area contributed by atoms with Gasteiger partial charge < -0.3 is 15.2 Å². The Hall–Kier alpha value is -4.05. The van der Waals surface area contributed by atoms with Gasteiger partial charge in [-0.2, -0.15) is 0 Å². The van der Waals surface area contributed by atoms with Gasteiger partial charge in [-0.25, -0.2) is 13.1 Å². The van der Waals surface area contributed by atoms with Crippen LogP contribution in [0.2, 0.25) is 0 Å². The zero-order valence-electron chi connectivity index (χ0n) is 22.1. The second-order valence-electron chi connectivity index (χ2n) is 9.89. The molecule has 1 aliphatic heterocycles. The fraction of sp³-hybridized carbons (Fsp3) is 0.226. The van der Waals surface area contributed by atoms with Crippen LogP contribution in [0.4, 0.5) is 0 Å². The molecule has 9 heteroatoms. The van der Waals surface area contributed by atoms with Crippen molar-refractivity contribution < 1.29 is 23.1 Å². The lowest BCUT2D eigenvalue weighted by atomic mass is 9.97. The third-order valence-corrected chi connectivity index (χ3v) is 8.22. The highest BCUT2D eigenvalue weighted by atomic mass is 32.2. The van der Waals surface area contributed by atoms with Gasteiger partial charge in [0.15, 0.2) is 0 Å². The summed E-state index contributed by atoms with van der Waals surface area (Å²) in [5.41, 5.74) is 4.65. The van der Waals surface area contributed by atoms with Gasteiger partial charge in [0.05, 0.1) is 11.0 Å². The number of aromatic nitrogens is 1. The molecular formula is C31H31N3O5S. The summed E-state index contributed by atoms with van der Waals surface area (Å²) in [5.74, 6) is 0.121. The number of nitrogens with zero attached hydrogens (tertiary/aromatic N) is 1. The molecule has 40 heavy (non-hydrogen) atoms. The van der Waals surface area contributed by atoms with E-state index in [9.17, 15) is 18.3 Å². The lowest BCUT2D eigenvalue weighted by molar-refractivity contribution is 0.0981. The molecule has 0 saturated heterocycles. The first-order valence-electron chi connectivity index (χ1n) is 13.1. The molecule has 0 aliphatic carbocycles. The Morgan fingerprint density at radius 1 is 1.05 bits per heavy atom. The topological polar surface area (TPSA) is 118 Å². The number of hydrogen-bond acceptors (Lipinski definition) is 7. The molecule has 3 N–H and O–H groups in total. The minimum Gasteiger partial charge on any atom is -0.489 e. The highest BCUT2D eigenvalue weighted by Gasteiger charge is 2.22. The van der Waals surface area contributed by atoms with Crippen LogP contribution in [0.5, 0.6) is 5.75 Å². The van der Waals surface area contributed by atoms with Crippen LogP contribution < -0.4 is 14.8 Å². The summed E-state index contributed by atoms with van der Waals surface area (Å²) < 4.78 is 34.3. The molecule has 0 unspecified atom stereocenters. The molecule has 4 aromatic rings. The van der Waals surface area contributed by atoms with Gasteiger partial charge in [-0.05, 0) is 78.9 Å². The standard InChI is InChI=1S/C31H31N3O5S/c1-21-7-9-22(10-8-21)31(36)34-40(37,38)28-6-2-4-23(17-28)24-12-14-30-25(16-24)11-13-27(39-30)19-33-20-29(35)26-5-3-15-32-18-26/h2-10,12,14-18,27,29,33,35H,11,13,19-20H2,1H3,(H,34,36)/t27-,29+/m1/s1. The average molecular weight is 558 g/mol. The Morgan fingerprint density at radius 3 is 2.62 bits per heavy atom. The van der Waals surface area contributed by atoms with Gasteiger partial charge in [-0.3, -0.25) is 9.78 Å². The summed E-state index contributed by atoms with van der Waals surface area (Å²) in [6, 6.07) is 22.7. The van der Waals surface area contributed by atoms with E-state index in [0.717, 1.165) is 46.4 Å². The smallest absolute Gasteiger partial charge is 0.264 e. The lowest BCUT2D eigenvalue weighted by Gasteiger charge is -2.27. The van der Waals surface area contributed by atoms with E-state index in [1.807, 2.05) is 37.3 Å². The summed E-state index contributed by atoms with van der Waals surface area (Å²) in [7, 11) is -4.06. The number of nitrogens with one attached hydrogen (secondary N) is 2. The molecule has 5 rings (SSSR count). The maximum absolute atomic E-state index is 13.0. The number of benzene rings is 3. The summed E-state index contributed by atoms with van der Waals surface area (Å²) in [6.07, 6.45) is 4.29. The second kappa shape index (κ2) is 12.0. The van der Waals surface area contributed by atoms with Crippen LogP contribution in [-0.2, 0) is 16.4 Å². The number of carbonyl (C=O) groups excluding carboxylic acids is 1. The first-order valence-corrected chi connectivity index (χ1v) is 14.6. The highest BCUT2D eigenvalue weighted by Crippen LogP contribution is 2.32. The quantitative estimate of drug-likeness (QED) is 0.282. The number of carbonyl (C=O) groups is 1. The number of ether oxygens (including phenoxy) is 1. The van der Waals surface area contributed by atoms with Crippen LogP contribution in [0, 0.1) is 6.92 Å². The first-order chi connectivity index (χ1) is 19.3. The van der Waals surface area contributed by atoms with Crippen LogP contribution in [-0.4, -0.2) is 43.6 Å². The normalized spacial score (nSPS) is 15.5. The minimum atomic E-state index is -4.06. The summed E-state index contributed by atoms with van der Waals surface area (Å²) in [4.78, 5) is 16.6. The average Bonchev–Trinajstić information content (AvgIpc) is 2.97. The molecule has 2 heterocycles. The van der Waals surface area contributed by atoms with E-state index in [0.29, 0.717) is 13.1 Å². The van der Waals surface area contributed by atoms with Crippen LogP contribution in [0.25, 0.3) is 11.1 Å². The third-order valence-electron chi connectivity index (χ3n) is 6.89. The lowest BCUT2D eigenvalue weighted by Crippen LogP contribution is -2.36. The van der Waals surface area contributed by atoms with Crippen molar-refractivity contribution in [2.45, 2.75) is 36.9 Å². The van der Waals surface area contributed by atoms with Crippen LogP contribution in [0.15, 0.2) is 96.2 Å². The number of pyridine rings is 1. The van der Waals surface area contributed by atoms with Crippen molar-refractivity contribution in [3.8, 4) is 16.9 Å². The molecular weight excluding hydrogens is 526 g/mol. The number of sulfonamides is 1. The SMILES string of the molecule is Cc1ccc(C(=O)NS(=O)(=O)c2cccc(-c3ccc4c(c3)CC[C@H](CNC[C@H](O)c3cccnc3)O4)c2)cc1. The van der Waals surface area contributed by atoms with E-state index >= 15 is 0 Å². The molecule has 206 valence electrons. The Kier molecular flexibility index (Phi) is 8.25. The van der Waals surface area contributed by atoms with Gasteiger partial charge in [0, 0.05) is 36.6 Å². The number of rotatable bonds is 9. The molecule has 1 amide bonds. The number of aliphatic hydroxyl groups is 1. The first kappa shape index (κ1) is 27.5. The maximum Gasteiger partial charge on any atom is 0.264 e. The zero-order valence-corrected chi connectivity index (χ0v) is 22.9. The van der Waals surface area contributed by atoms with Gasteiger partial charge in [0.25, 0.3) is 15.9 Å². The van der Waals surface area contributed by atoms with E-state index in [1.54, 1.807) is 54.9 Å². The number of amides is 1. The van der Waals surface area contributed by atoms with Crippen molar-refractivity contribution in [1.82, 2.24) is 15.0 Å². The van der Waals surface area contributed by atoms with E-state index in [4.69, 9.17) is 4.74 Å². The molecule has 0 radical (unpaired) electrons. The van der Waals surface area contributed by atoms with Crippen molar-refractivity contribution in [3.05, 3.63) is 114 Å². The molecule has 1 aromatic heterocycles. The Morgan fingerprint density at radius 2 is 1.85 bits per heavy atom. The Bertz CT molecular complexity index is 1590.